The van der Waals surface area contributed by atoms with Gasteiger partial charge in [-0.15, -0.1) is 0 Å². The van der Waals surface area contributed by atoms with E-state index in [0.717, 1.165) is 24.0 Å². The fourth-order valence-corrected chi connectivity index (χ4v) is 5.06. The molecule has 0 radical (unpaired) electrons. The number of thioether (sulfide) groups is 1. The minimum atomic E-state index is -0.569. The standard InChI is InChI=1S/C19H19N3O3S/c23-15-10-19(25-16-4-2-1-3-14(15)16)5-7-21(12-19)17(24)9-13-11-26-18-20-6-8-22(13)18/h1-4,11H,5-10,12H2/t19-/m0/s1. The Bertz CT molecular complexity index is 865. The lowest BCUT2D eigenvalue weighted by Gasteiger charge is -2.34. The molecule has 0 saturated carbocycles. The van der Waals surface area contributed by atoms with Gasteiger partial charge in [-0.05, 0) is 17.5 Å². The second kappa shape index (κ2) is 5.87. The van der Waals surface area contributed by atoms with Gasteiger partial charge in [0.1, 0.15) is 11.4 Å². The molecule has 4 heterocycles. The number of Topliss-reactive ketones (excluding diaryl/α,β-unsaturated/α-hetero) is 1. The topological polar surface area (TPSA) is 62.2 Å². The smallest absolute Gasteiger partial charge is 0.228 e. The molecular formula is C19H19N3O3S. The summed E-state index contributed by atoms with van der Waals surface area (Å²) in [6.45, 7) is 2.78. The van der Waals surface area contributed by atoms with Crippen molar-refractivity contribution in [2.45, 2.75) is 24.9 Å². The molecule has 1 atom stereocenters. The molecule has 0 aromatic heterocycles. The number of rotatable bonds is 2. The number of ketones is 1. The molecular weight excluding hydrogens is 350 g/mol. The van der Waals surface area contributed by atoms with Crippen LogP contribution in [-0.4, -0.2) is 58.4 Å². The Morgan fingerprint density at radius 1 is 1.31 bits per heavy atom. The van der Waals surface area contributed by atoms with Crippen molar-refractivity contribution in [1.82, 2.24) is 9.80 Å². The largest absolute Gasteiger partial charge is 0.484 e. The number of hydrogen-bond donors (Lipinski definition) is 0. The van der Waals surface area contributed by atoms with E-state index in [1.165, 1.54) is 0 Å². The number of hydrogen-bond acceptors (Lipinski definition) is 6. The summed E-state index contributed by atoms with van der Waals surface area (Å²) in [4.78, 5) is 33.7. The zero-order valence-corrected chi connectivity index (χ0v) is 15.1. The Labute approximate surface area is 155 Å². The second-order valence-electron chi connectivity index (χ2n) is 7.17. The summed E-state index contributed by atoms with van der Waals surface area (Å²) in [6, 6.07) is 7.38. The first-order chi connectivity index (χ1) is 12.6. The molecule has 6 nitrogen and oxygen atoms in total. The molecule has 4 aliphatic rings. The van der Waals surface area contributed by atoms with Crippen molar-refractivity contribution in [2.75, 3.05) is 26.2 Å². The van der Waals surface area contributed by atoms with Gasteiger partial charge in [0.25, 0.3) is 0 Å². The number of para-hydroxylation sites is 1. The lowest BCUT2D eigenvalue weighted by Crippen LogP contribution is -2.45. The number of benzene rings is 1. The van der Waals surface area contributed by atoms with Gasteiger partial charge < -0.3 is 14.5 Å². The molecule has 1 aromatic rings. The highest BCUT2D eigenvalue weighted by atomic mass is 32.2. The Hall–Kier alpha value is -2.28. The van der Waals surface area contributed by atoms with E-state index in [4.69, 9.17) is 4.74 Å². The lowest BCUT2D eigenvalue weighted by atomic mass is 9.89. The van der Waals surface area contributed by atoms with Gasteiger partial charge in [-0.25, -0.2) is 0 Å². The third kappa shape index (κ3) is 2.53. The quantitative estimate of drug-likeness (QED) is 0.800. The van der Waals surface area contributed by atoms with Crippen LogP contribution in [0, 0.1) is 0 Å². The number of likely N-dealkylation sites (tertiary alicyclic amines) is 1. The van der Waals surface area contributed by atoms with Crippen LogP contribution in [0.1, 0.15) is 29.6 Å². The second-order valence-corrected chi connectivity index (χ2v) is 8.00. The summed E-state index contributed by atoms with van der Waals surface area (Å²) in [5, 5.41) is 3.03. The molecule has 1 spiro atoms. The summed E-state index contributed by atoms with van der Waals surface area (Å²) in [6.07, 6.45) is 1.42. The molecule has 1 saturated heterocycles. The SMILES string of the molecule is O=C1C[C@]2(CCN(C(=O)CC3=CSC4=NCCN34)C2)Oc2ccccc21. The number of aliphatic imine (C=N–C) groups is 1. The fraction of sp³-hybridized carbons (Fsp3) is 0.421. The molecule has 1 fully saturated rings. The molecule has 1 amide bonds. The predicted molar refractivity (Wildman–Crippen MR) is 99.2 cm³/mol. The number of carbonyl (C=O) groups excluding carboxylic acids is 2. The molecule has 5 rings (SSSR count). The monoisotopic (exact) mass is 369 g/mol. The highest BCUT2D eigenvalue weighted by Gasteiger charge is 2.47. The van der Waals surface area contributed by atoms with Crippen LogP contribution in [0.5, 0.6) is 5.75 Å². The maximum Gasteiger partial charge on any atom is 0.228 e. The van der Waals surface area contributed by atoms with Gasteiger partial charge in [0.15, 0.2) is 11.0 Å². The fourth-order valence-electron chi connectivity index (χ4n) is 4.11. The summed E-state index contributed by atoms with van der Waals surface area (Å²) in [7, 11) is 0. The molecule has 0 aliphatic carbocycles. The van der Waals surface area contributed by atoms with Gasteiger partial charge >= 0.3 is 0 Å². The molecule has 1 aromatic carbocycles. The van der Waals surface area contributed by atoms with Crippen LogP contribution in [-0.2, 0) is 4.79 Å². The lowest BCUT2D eigenvalue weighted by molar-refractivity contribution is -0.130. The van der Waals surface area contributed by atoms with Crippen LogP contribution in [0.3, 0.4) is 0 Å². The van der Waals surface area contributed by atoms with Crippen molar-refractivity contribution >= 4 is 28.6 Å². The zero-order valence-electron chi connectivity index (χ0n) is 14.3. The van der Waals surface area contributed by atoms with Crippen LogP contribution >= 0.6 is 11.8 Å². The Morgan fingerprint density at radius 2 is 2.19 bits per heavy atom. The van der Waals surface area contributed by atoms with Gasteiger partial charge in [-0.2, -0.15) is 0 Å². The summed E-state index contributed by atoms with van der Waals surface area (Å²) < 4.78 is 6.21. The van der Waals surface area contributed by atoms with Gasteiger partial charge in [0.05, 0.1) is 31.5 Å². The average molecular weight is 369 g/mol. The van der Waals surface area contributed by atoms with Crippen molar-refractivity contribution in [2.24, 2.45) is 4.99 Å². The van der Waals surface area contributed by atoms with Crippen molar-refractivity contribution in [1.29, 1.82) is 0 Å². The molecule has 134 valence electrons. The summed E-state index contributed by atoms with van der Waals surface area (Å²) in [5.41, 5.74) is 1.11. The Balaban J connectivity index is 1.28. The van der Waals surface area contributed by atoms with E-state index in [1.54, 1.807) is 11.8 Å². The predicted octanol–water partition coefficient (Wildman–Crippen LogP) is 2.27. The third-order valence-electron chi connectivity index (χ3n) is 5.45. The van der Waals surface area contributed by atoms with E-state index in [2.05, 4.69) is 9.89 Å². The van der Waals surface area contributed by atoms with Crippen LogP contribution in [0.2, 0.25) is 0 Å². The number of carbonyl (C=O) groups is 2. The van der Waals surface area contributed by atoms with Crippen LogP contribution in [0.15, 0.2) is 40.4 Å². The van der Waals surface area contributed by atoms with E-state index in [-0.39, 0.29) is 11.7 Å². The van der Waals surface area contributed by atoms with Crippen molar-refractivity contribution in [3.8, 4) is 5.75 Å². The zero-order chi connectivity index (χ0) is 17.7. The average Bonchev–Trinajstić information content (AvgIpc) is 3.33. The van der Waals surface area contributed by atoms with E-state index in [0.29, 0.717) is 43.7 Å². The van der Waals surface area contributed by atoms with Crippen LogP contribution in [0.4, 0.5) is 0 Å². The minimum Gasteiger partial charge on any atom is -0.484 e. The number of ether oxygens (including phenoxy) is 1. The number of fused-ring (bicyclic) bond motifs is 2. The first kappa shape index (κ1) is 15.9. The maximum atomic E-state index is 12.8. The van der Waals surface area contributed by atoms with Gasteiger partial charge in [-0.3, -0.25) is 14.6 Å². The molecule has 7 heteroatoms. The highest BCUT2D eigenvalue weighted by molar-refractivity contribution is 8.16. The number of amidine groups is 1. The number of nitrogens with zero attached hydrogens (tertiary/aromatic N) is 3. The summed E-state index contributed by atoms with van der Waals surface area (Å²) >= 11 is 1.59. The van der Waals surface area contributed by atoms with Crippen LogP contribution < -0.4 is 4.74 Å². The molecule has 0 unspecified atom stereocenters. The number of amides is 1. The maximum absolute atomic E-state index is 12.8. The van der Waals surface area contributed by atoms with Gasteiger partial charge in [0.2, 0.25) is 5.91 Å². The Morgan fingerprint density at radius 3 is 3.12 bits per heavy atom. The van der Waals surface area contributed by atoms with E-state index >= 15 is 0 Å². The minimum absolute atomic E-state index is 0.0942. The van der Waals surface area contributed by atoms with Crippen LogP contribution in [0.25, 0.3) is 0 Å². The molecule has 0 bridgehead atoms. The van der Waals surface area contributed by atoms with E-state index in [9.17, 15) is 9.59 Å². The van der Waals surface area contributed by atoms with Crippen molar-refractivity contribution in [3.63, 3.8) is 0 Å². The van der Waals surface area contributed by atoms with Gasteiger partial charge in [0, 0.05) is 25.2 Å². The third-order valence-corrected chi connectivity index (χ3v) is 6.40. The molecule has 26 heavy (non-hydrogen) atoms. The first-order valence-electron chi connectivity index (χ1n) is 8.90. The summed E-state index contributed by atoms with van der Waals surface area (Å²) in [5.74, 6) is 0.844. The Kier molecular flexibility index (Phi) is 3.60. The first-order valence-corrected chi connectivity index (χ1v) is 9.78. The van der Waals surface area contributed by atoms with E-state index in [1.807, 2.05) is 34.6 Å². The highest BCUT2D eigenvalue weighted by Crippen LogP contribution is 2.39. The molecule has 0 N–H and O–H groups in total. The van der Waals surface area contributed by atoms with Gasteiger partial charge in [-0.1, -0.05) is 23.9 Å². The van der Waals surface area contributed by atoms with Crippen molar-refractivity contribution in [3.05, 3.63) is 40.9 Å². The van der Waals surface area contributed by atoms with E-state index < -0.39 is 5.60 Å². The molecule has 4 aliphatic heterocycles. The normalized spacial score (nSPS) is 26.5. The van der Waals surface area contributed by atoms with Crippen molar-refractivity contribution < 1.29 is 14.3 Å².